The zero-order valence-corrected chi connectivity index (χ0v) is 15.5. The lowest BCUT2D eigenvalue weighted by Crippen LogP contribution is -2.43. The molecule has 3 heterocycles. The summed E-state index contributed by atoms with van der Waals surface area (Å²) in [5.74, 6) is 1.49. The monoisotopic (exact) mass is 330 g/mol. The zero-order valence-electron chi connectivity index (χ0n) is 15.5. The molecule has 1 aromatic heterocycles. The van der Waals surface area contributed by atoms with Crippen molar-refractivity contribution in [1.82, 2.24) is 15.1 Å². The van der Waals surface area contributed by atoms with Gasteiger partial charge >= 0.3 is 0 Å². The number of aromatic nitrogens is 2. The number of hydrogen-bond donors (Lipinski definition) is 0. The van der Waals surface area contributed by atoms with Crippen molar-refractivity contribution in [1.29, 1.82) is 0 Å². The Hall–Kier alpha value is -1.49. The average molecular weight is 331 g/mol. The van der Waals surface area contributed by atoms with Crippen LogP contribution in [0.25, 0.3) is 0 Å². The van der Waals surface area contributed by atoms with Crippen molar-refractivity contribution in [3.05, 3.63) is 18.0 Å². The lowest BCUT2D eigenvalue weighted by atomic mass is 9.94. The lowest BCUT2D eigenvalue weighted by molar-refractivity contribution is -0.499. The second-order valence-electron chi connectivity index (χ2n) is 7.85. The summed E-state index contributed by atoms with van der Waals surface area (Å²) in [7, 11) is 2.17. The number of rotatable bonds is 5. The Bertz CT molecular complexity index is 561. The van der Waals surface area contributed by atoms with Gasteiger partial charge in [-0.1, -0.05) is 13.8 Å². The van der Waals surface area contributed by atoms with Gasteiger partial charge in [-0.3, -0.25) is 4.90 Å². The van der Waals surface area contributed by atoms with Gasteiger partial charge in [-0.15, -0.1) is 0 Å². The molecule has 132 valence electrons. The van der Waals surface area contributed by atoms with Crippen molar-refractivity contribution >= 4 is 11.9 Å². The fourth-order valence-corrected chi connectivity index (χ4v) is 3.85. The molecule has 0 unspecified atom stereocenters. The highest BCUT2D eigenvalue weighted by Gasteiger charge is 2.24. The van der Waals surface area contributed by atoms with Gasteiger partial charge in [-0.25, -0.2) is 4.58 Å². The number of piperidine rings is 1. The summed E-state index contributed by atoms with van der Waals surface area (Å²) in [5.41, 5.74) is 2.66. The maximum Gasteiger partial charge on any atom is 0.154 e. The van der Waals surface area contributed by atoms with Crippen LogP contribution in [0.5, 0.6) is 0 Å². The van der Waals surface area contributed by atoms with Gasteiger partial charge in [0.2, 0.25) is 0 Å². The molecule has 1 aromatic rings. The van der Waals surface area contributed by atoms with Crippen molar-refractivity contribution in [2.24, 2.45) is 11.8 Å². The molecular formula is C19H32N5+. The van der Waals surface area contributed by atoms with Crippen LogP contribution in [0.1, 0.15) is 32.3 Å². The molecule has 3 rings (SSSR count). The van der Waals surface area contributed by atoms with E-state index in [4.69, 9.17) is 0 Å². The van der Waals surface area contributed by atoms with Crippen LogP contribution in [0.4, 0.5) is 5.69 Å². The van der Waals surface area contributed by atoms with E-state index in [1.54, 1.807) is 0 Å². The van der Waals surface area contributed by atoms with Crippen LogP contribution in [0, 0.1) is 11.8 Å². The van der Waals surface area contributed by atoms with Gasteiger partial charge in [0.1, 0.15) is 7.05 Å². The Morgan fingerprint density at radius 3 is 2.58 bits per heavy atom. The highest BCUT2D eigenvalue weighted by atomic mass is 15.2. The third-order valence-electron chi connectivity index (χ3n) is 5.31. The van der Waals surface area contributed by atoms with Crippen LogP contribution in [0.15, 0.2) is 12.4 Å². The number of likely N-dealkylation sites (N-methyl/N-ethyl adjacent to an activating group) is 1. The summed E-state index contributed by atoms with van der Waals surface area (Å²) in [6.07, 6.45) is 9.90. The fraction of sp³-hybridized carbons (Fsp3) is 0.737. The van der Waals surface area contributed by atoms with Crippen LogP contribution in [-0.2, 0) is 6.42 Å². The minimum absolute atomic E-state index is 0.652. The Labute approximate surface area is 146 Å². The first-order chi connectivity index (χ1) is 11.6. The molecule has 2 aliphatic heterocycles. The molecule has 1 saturated heterocycles. The summed E-state index contributed by atoms with van der Waals surface area (Å²) in [6, 6.07) is 0. The van der Waals surface area contributed by atoms with E-state index < -0.39 is 0 Å². The van der Waals surface area contributed by atoms with Gasteiger partial charge in [0.25, 0.3) is 0 Å². The third-order valence-corrected chi connectivity index (χ3v) is 5.31. The molecule has 0 aromatic carbocycles. The molecular weight excluding hydrogens is 298 g/mol. The van der Waals surface area contributed by atoms with Crippen LogP contribution in [0.2, 0.25) is 0 Å². The quantitative estimate of drug-likeness (QED) is 0.773. The Morgan fingerprint density at radius 2 is 1.92 bits per heavy atom. The van der Waals surface area contributed by atoms with E-state index in [-0.39, 0.29) is 0 Å². The molecule has 0 N–H and O–H groups in total. The van der Waals surface area contributed by atoms with Gasteiger partial charge in [-0.2, -0.15) is 10.2 Å². The minimum atomic E-state index is 0.652. The Morgan fingerprint density at radius 1 is 1.17 bits per heavy atom. The summed E-state index contributed by atoms with van der Waals surface area (Å²) in [6.45, 7) is 11.6. The largest absolute Gasteiger partial charge is 0.370 e. The van der Waals surface area contributed by atoms with E-state index in [0.717, 1.165) is 32.0 Å². The van der Waals surface area contributed by atoms with Gasteiger partial charge in [0.15, 0.2) is 12.8 Å². The van der Waals surface area contributed by atoms with Gasteiger partial charge < -0.3 is 4.90 Å². The smallest absolute Gasteiger partial charge is 0.154 e. The molecule has 24 heavy (non-hydrogen) atoms. The molecule has 0 saturated carbocycles. The van der Waals surface area contributed by atoms with Gasteiger partial charge in [0.05, 0.1) is 31.2 Å². The zero-order chi connectivity index (χ0) is 16.9. The first-order valence-corrected chi connectivity index (χ1v) is 9.42. The van der Waals surface area contributed by atoms with E-state index in [1.807, 2.05) is 12.4 Å². The summed E-state index contributed by atoms with van der Waals surface area (Å²) in [5, 5.41) is 8.24. The molecule has 0 aliphatic carbocycles. The highest BCUT2D eigenvalue weighted by Crippen LogP contribution is 2.27. The number of hydrogen-bond acceptors (Lipinski definition) is 4. The average Bonchev–Trinajstić information content (AvgIpc) is 2.58. The Kier molecular flexibility index (Phi) is 5.82. The molecule has 5 heteroatoms. The maximum absolute atomic E-state index is 4.14. The van der Waals surface area contributed by atoms with E-state index in [1.165, 1.54) is 43.7 Å². The summed E-state index contributed by atoms with van der Waals surface area (Å²) < 4.78 is 2.31. The van der Waals surface area contributed by atoms with Gasteiger partial charge in [0, 0.05) is 19.6 Å². The first-order valence-electron chi connectivity index (χ1n) is 9.42. The van der Waals surface area contributed by atoms with Crippen molar-refractivity contribution < 1.29 is 4.58 Å². The first kappa shape index (κ1) is 17.3. The fourth-order valence-electron chi connectivity index (χ4n) is 3.85. The van der Waals surface area contributed by atoms with Crippen molar-refractivity contribution in [3.8, 4) is 0 Å². The van der Waals surface area contributed by atoms with E-state index >= 15 is 0 Å². The topological polar surface area (TPSA) is 35.3 Å². The number of nitrogens with zero attached hydrogens (tertiary/aromatic N) is 5. The van der Waals surface area contributed by atoms with Crippen LogP contribution in [-0.4, -0.2) is 72.2 Å². The maximum atomic E-state index is 4.14. The number of anilines is 1. The lowest BCUT2D eigenvalue weighted by Gasteiger charge is -2.36. The normalized spacial score (nSPS) is 20.5. The second-order valence-corrected chi connectivity index (χ2v) is 7.85. The van der Waals surface area contributed by atoms with E-state index in [0.29, 0.717) is 5.92 Å². The van der Waals surface area contributed by atoms with Crippen molar-refractivity contribution in [2.75, 3.05) is 51.2 Å². The van der Waals surface area contributed by atoms with Crippen molar-refractivity contribution in [2.45, 2.75) is 33.1 Å². The van der Waals surface area contributed by atoms with E-state index in [9.17, 15) is 0 Å². The molecule has 5 nitrogen and oxygen atoms in total. The van der Waals surface area contributed by atoms with E-state index in [2.05, 4.69) is 51.7 Å². The standard InChI is InChI=1S/C19H32N5/c1-16(2)12-18-13-20-21-14-19(18)24-6-4-17(5-7-24)15-23-10-8-22(3)9-11-23/h8,13-14,16-17H,4-7,9-12,15H2,1-3H3/q+1. The molecule has 0 spiro atoms. The predicted molar refractivity (Wildman–Crippen MR) is 99.1 cm³/mol. The second kappa shape index (κ2) is 8.06. The third kappa shape index (κ3) is 4.53. The van der Waals surface area contributed by atoms with Crippen LogP contribution in [0.3, 0.4) is 0 Å². The van der Waals surface area contributed by atoms with Crippen LogP contribution < -0.4 is 4.90 Å². The molecule has 0 radical (unpaired) electrons. The van der Waals surface area contributed by atoms with Gasteiger partial charge in [-0.05, 0) is 36.7 Å². The Balaban J connectivity index is 1.54. The summed E-state index contributed by atoms with van der Waals surface area (Å²) in [4.78, 5) is 5.14. The molecule has 0 atom stereocenters. The minimum Gasteiger partial charge on any atom is -0.370 e. The van der Waals surface area contributed by atoms with Crippen molar-refractivity contribution in [3.63, 3.8) is 0 Å². The molecule has 0 bridgehead atoms. The van der Waals surface area contributed by atoms with Crippen LogP contribution >= 0.6 is 0 Å². The summed E-state index contributed by atoms with van der Waals surface area (Å²) >= 11 is 0. The molecule has 2 aliphatic rings. The molecule has 0 amide bonds. The highest BCUT2D eigenvalue weighted by molar-refractivity contribution is 5.54. The SMILES string of the molecule is CC(C)Cc1cnncc1N1CCC(CN2CC=[N+](C)CC2)CC1. The molecule has 1 fully saturated rings. The predicted octanol–water partition coefficient (Wildman–Crippen LogP) is 1.92.